The van der Waals surface area contributed by atoms with Crippen molar-refractivity contribution in [1.29, 1.82) is 0 Å². The van der Waals surface area contributed by atoms with E-state index in [4.69, 9.17) is 4.74 Å². The largest absolute Gasteiger partial charge is 0.481 e. The molecule has 0 fully saturated rings. The van der Waals surface area contributed by atoms with Gasteiger partial charge >= 0.3 is 0 Å². The fourth-order valence-corrected chi connectivity index (χ4v) is 3.03. The summed E-state index contributed by atoms with van der Waals surface area (Å²) >= 11 is 6.74. The van der Waals surface area contributed by atoms with E-state index in [0.717, 1.165) is 8.95 Å². The van der Waals surface area contributed by atoms with Crippen LogP contribution in [-0.2, 0) is 4.79 Å². The zero-order chi connectivity index (χ0) is 16.8. The summed E-state index contributed by atoms with van der Waals surface area (Å²) in [6.07, 6.45) is 0. The van der Waals surface area contributed by atoms with Gasteiger partial charge in [-0.1, -0.05) is 6.07 Å². The maximum Gasteiger partial charge on any atom is 0.262 e. The van der Waals surface area contributed by atoms with E-state index in [0.29, 0.717) is 17.0 Å². The Bertz CT molecular complexity index is 698. The Hall–Kier alpha value is -1.86. The summed E-state index contributed by atoms with van der Waals surface area (Å²) in [5.41, 5.74) is 1.12. The molecule has 2 amide bonds. The minimum absolute atomic E-state index is 0.127. The smallest absolute Gasteiger partial charge is 0.262 e. The lowest BCUT2D eigenvalue weighted by Gasteiger charge is -2.10. The van der Waals surface area contributed by atoms with Crippen LogP contribution in [0.3, 0.4) is 0 Å². The van der Waals surface area contributed by atoms with Crippen molar-refractivity contribution in [1.82, 2.24) is 5.32 Å². The molecule has 7 heteroatoms. The van der Waals surface area contributed by atoms with Crippen molar-refractivity contribution in [3.05, 3.63) is 57.0 Å². The monoisotopic (exact) mass is 440 g/mol. The fraction of sp³-hybridized carbons (Fsp3) is 0.125. The van der Waals surface area contributed by atoms with Crippen LogP contribution in [0.25, 0.3) is 0 Å². The lowest BCUT2D eigenvalue weighted by molar-refractivity contribution is -0.118. The van der Waals surface area contributed by atoms with Crippen LogP contribution in [0.15, 0.2) is 51.4 Å². The first kappa shape index (κ1) is 17.5. The maximum absolute atomic E-state index is 11.9. The van der Waals surface area contributed by atoms with Crippen LogP contribution in [-0.4, -0.2) is 25.5 Å². The molecule has 0 spiro atoms. The molecule has 2 aromatic carbocycles. The van der Waals surface area contributed by atoms with Gasteiger partial charge in [0.05, 0.1) is 8.95 Å². The summed E-state index contributed by atoms with van der Waals surface area (Å²) in [5.74, 6) is 0.1000. The van der Waals surface area contributed by atoms with Gasteiger partial charge in [0.25, 0.3) is 11.8 Å². The average Bonchev–Trinajstić information content (AvgIpc) is 2.54. The molecule has 2 N–H and O–H groups in total. The van der Waals surface area contributed by atoms with Crippen LogP contribution in [0.1, 0.15) is 10.4 Å². The van der Waals surface area contributed by atoms with E-state index in [9.17, 15) is 9.59 Å². The van der Waals surface area contributed by atoms with Crippen LogP contribution in [0.4, 0.5) is 5.69 Å². The van der Waals surface area contributed by atoms with Crippen LogP contribution in [0.2, 0.25) is 0 Å². The molecular formula is C16H14Br2N2O3. The molecule has 0 bridgehead atoms. The third-order valence-electron chi connectivity index (χ3n) is 2.92. The molecule has 0 aliphatic rings. The highest BCUT2D eigenvalue weighted by molar-refractivity contribution is 9.11. The van der Waals surface area contributed by atoms with E-state index < -0.39 is 0 Å². The van der Waals surface area contributed by atoms with E-state index in [-0.39, 0.29) is 18.4 Å². The van der Waals surface area contributed by atoms with Gasteiger partial charge in [-0.15, -0.1) is 0 Å². The van der Waals surface area contributed by atoms with E-state index in [1.54, 1.807) is 31.3 Å². The van der Waals surface area contributed by atoms with Crippen LogP contribution in [0, 0.1) is 0 Å². The Morgan fingerprint density at radius 3 is 2.22 bits per heavy atom. The number of nitrogens with one attached hydrogen (secondary N) is 2. The van der Waals surface area contributed by atoms with Gasteiger partial charge < -0.3 is 15.4 Å². The zero-order valence-corrected chi connectivity index (χ0v) is 15.4. The first-order valence-corrected chi connectivity index (χ1v) is 8.28. The number of para-hydroxylation sites is 1. The van der Waals surface area contributed by atoms with Crippen molar-refractivity contribution in [3.8, 4) is 5.75 Å². The second-order valence-corrected chi connectivity index (χ2v) is 6.25. The number of carbonyl (C=O) groups is 2. The van der Waals surface area contributed by atoms with Gasteiger partial charge in [-0.05, 0) is 68.3 Å². The molecule has 0 saturated carbocycles. The highest BCUT2D eigenvalue weighted by Crippen LogP contribution is 2.32. The molecule has 120 valence electrons. The lowest BCUT2D eigenvalue weighted by Crippen LogP contribution is -2.21. The molecule has 0 aliphatic carbocycles. The number of benzene rings is 2. The van der Waals surface area contributed by atoms with Gasteiger partial charge in [-0.3, -0.25) is 9.59 Å². The van der Waals surface area contributed by atoms with E-state index in [1.165, 1.54) is 0 Å². The van der Waals surface area contributed by atoms with Gasteiger partial charge in [0, 0.05) is 18.3 Å². The zero-order valence-electron chi connectivity index (χ0n) is 12.2. The first-order valence-electron chi connectivity index (χ1n) is 6.70. The molecule has 0 atom stereocenters. The van der Waals surface area contributed by atoms with Crippen LogP contribution in [0.5, 0.6) is 5.75 Å². The number of hydrogen-bond acceptors (Lipinski definition) is 3. The summed E-state index contributed by atoms with van der Waals surface area (Å²) in [4.78, 5) is 23.4. The maximum atomic E-state index is 11.9. The predicted octanol–water partition coefficient (Wildman–Crippen LogP) is 3.59. The average molecular weight is 442 g/mol. The summed E-state index contributed by atoms with van der Waals surface area (Å²) in [7, 11) is 1.56. The van der Waals surface area contributed by atoms with E-state index >= 15 is 0 Å². The molecule has 0 heterocycles. The molecule has 5 nitrogen and oxygen atoms in total. The highest BCUT2D eigenvalue weighted by Gasteiger charge is 2.09. The molecule has 0 aliphatic heterocycles. The summed E-state index contributed by atoms with van der Waals surface area (Å²) in [6, 6.07) is 12.1. The summed E-state index contributed by atoms with van der Waals surface area (Å²) < 4.78 is 7.03. The normalized spacial score (nSPS) is 10.0. The Kier molecular flexibility index (Phi) is 6.18. The molecule has 0 saturated heterocycles. The topological polar surface area (TPSA) is 67.4 Å². The Labute approximate surface area is 150 Å². The quantitative estimate of drug-likeness (QED) is 0.744. The highest BCUT2D eigenvalue weighted by atomic mass is 79.9. The van der Waals surface area contributed by atoms with Gasteiger partial charge in [0.2, 0.25) is 0 Å². The Balaban J connectivity index is 1.93. The number of ether oxygens (including phenoxy) is 1. The standard InChI is InChI=1S/C16H14Br2N2O3/c1-19-16(22)10-5-7-11(8-6-10)20-14(21)9-23-15-12(17)3-2-4-13(15)18/h2-8H,9H2,1H3,(H,19,22)(H,20,21). The number of amides is 2. The summed E-state index contributed by atoms with van der Waals surface area (Å²) in [6.45, 7) is -0.127. The van der Waals surface area contributed by atoms with Gasteiger partial charge in [0.1, 0.15) is 5.75 Å². The van der Waals surface area contributed by atoms with Gasteiger partial charge in [-0.2, -0.15) is 0 Å². The fourth-order valence-electron chi connectivity index (χ4n) is 1.80. The molecule has 2 rings (SSSR count). The third kappa shape index (κ3) is 4.80. The van der Waals surface area contributed by atoms with Crippen molar-refractivity contribution in [2.75, 3.05) is 19.0 Å². The Morgan fingerprint density at radius 2 is 1.65 bits per heavy atom. The number of hydrogen-bond donors (Lipinski definition) is 2. The second kappa shape index (κ2) is 8.12. The first-order chi connectivity index (χ1) is 11.0. The Morgan fingerprint density at radius 1 is 1.04 bits per heavy atom. The van der Waals surface area contributed by atoms with Crippen molar-refractivity contribution >= 4 is 49.4 Å². The molecular weight excluding hydrogens is 428 g/mol. The van der Waals surface area contributed by atoms with Crippen molar-refractivity contribution in [2.45, 2.75) is 0 Å². The van der Waals surface area contributed by atoms with Crippen molar-refractivity contribution in [3.63, 3.8) is 0 Å². The van der Waals surface area contributed by atoms with Gasteiger partial charge in [0.15, 0.2) is 6.61 Å². The van der Waals surface area contributed by atoms with Gasteiger partial charge in [-0.25, -0.2) is 0 Å². The molecule has 23 heavy (non-hydrogen) atoms. The van der Waals surface area contributed by atoms with E-state index in [1.807, 2.05) is 18.2 Å². The minimum atomic E-state index is -0.291. The number of rotatable bonds is 5. The lowest BCUT2D eigenvalue weighted by atomic mass is 10.2. The number of carbonyl (C=O) groups excluding carboxylic acids is 2. The van der Waals surface area contributed by atoms with Crippen molar-refractivity contribution in [2.24, 2.45) is 0 Å². The second-order valence-electron chi connectivity index (χ2n) is 4.54. The molecule has 0 unspecified atom stereocenters. The number of halogens is 2. The predicted molar refractivity (Wildman–Crippen MR) is 95.8 cm³/mol. The molecule has 2 aromatic rings. The van der Waals surface area contributed by atoms with Crippen molar-refractivity contribution < 1.29 is 14.3 Å². The number of anilines is 1. The third-order valence-corrected chi connectivity index (χ3v) is 4.17. The molecule has 0 aromatic heterocycles. The van der Waals surface area contributed by atoms with Crippen LogP contribution < -0.4 is 15.4 Å². The van der Waals surface area contributed by atoms with Crippen LogP contribution >= 0.6 is 31.9 Å². The summed E-state index contributed by atoms with van der Waals surface area (Å²) in [5, 5.41) is 5.24. The molecule has 0 radical (unpaired) electrons. The minimum Gasteiger partial charge on any atom is -0.481 e. The SMILES string of the molecule is CNC(=O)c1ccc(NC(=O)COc2c(Br)cccc2Br)cc1. The van der Waals surface area contributed by atoms with E-state index in [2.05, 4.69) is 42.5 Å².